The lowest BCUT2D eigenvalue weighted by Crippen LogP contribution is -2.31. The van der Waals surface area contributed by atoms with Crippen molar-refractivity contribution in [3.63, 3.8) is 0 Å². The molecule has 0 rings (SSSR count). The number of hydrogen-bond acceptors (Lipinski definition) is 3. The van der Waals surface area contributed by atoms with Gasteiger partial charge < -0.3 is 15.9 Å². The van der Waals surface area contributed by atoms with E-state index in [-0.39, 0.29) is 0 Å². The van der Waals surface area contributed by atoms with Crippen molar-refractivity contribution in [1.82, 2.24) is 0 Å². The molecule has 0 aromatic heterocycles. The lowest BCUT2D eigenvalue weighted by atomic mass is 10.1. The van der Waals surface area contributed by atoms with Crippen LogP contribution in [0.4, 0.5) is 4.39 Å². The minimum atomic E-state index is -1.35. The molecular weight excluding hydrogens is 349 g/mol. The van der Waals surface area contributed by atoms with Crippen LogP contribution in [0.3, 0.4) is 0 Å². The van der Waals surface area contributed by atoms with E-state index < -0.39 is 24.7 Å². The van der Waals surface area contributed by atoms with Gasteiger partial charge in [0, 0.05) is 6.42 Å². The Balaban J connectivity index is 0. The smallest absolute Gasteiger partial charge is 0.323 e. The Bertz CT molecular complexity index is 375. The largest absolute Gasteiger partial charge is 0.481 e. The maximum absolute atomic E-state index is 11.1. The van der Waals surface area contributed by atoms with Gasteiger partial charge in [0.25, 0.3) is 0 Å². The fraction of sp³-hybridized carbons (Fsp3) is 0.810. The first-order chi connectivity index (χ1) is 13.0. The van der Waals surface area contributed by atoms with Crippen LogP contribution < -0.4 is 5.73 Å². The molecule has 5 nitrogen and oxygen atoms in total. The highest BCUT2D eigenvalue weighted by molar-refractivity contribution is 5.73. The van der Waals surface area contributed by atoms with Gasteiger partial charge >= 0.3 is 11.9 Å². The van der Waals surface area contributed by atoms with Crippen molar-refractivity contribution in [2.75, 3.05) is 6.67 Å². The predicted octanol–water partition coefficient (Wildman–Crippen LogP) is 5.48. The minimum Gasteiger partial charge on any atom is -0.481 e. The zero-order valence-electron chi connectivity index (χ0n) is 17.0. The Morgan fingerprint density at radius 2 is 1.30 bits per heavy atom. The summed E-state index contributed by atoms with van der Waals surface area (Å²) in [6, 6.07) is -1.35. The number of carbonyl (C=O) groups is 2. The van der Waals surface area contributed by atoms with E-state index in [0.29, 0.717) is 6.42 Å². The van der Waals surface area contributed by atoms with Gasteiger partial charge in [-0.05, 0) is 32.1 Å². The molecule has 1 atom stereocenters. The summed E-state index contributed by atoms with van der Waals surface area (Å²) in [7, 11) is 0. The van der Waals surface area contributed by atoms with E-state index in [1.165, 1.54) is 70.6 Å². The molecule has 6 heteroatoms. The highest BCUT2D eigenvalue weighted by Gasteiger charge is 2.08. The van der Waals surface area contributed by atoms with Crippen LogP contribution in [0, 0.1) is 0 Å². The molecule has 0 fully saturated rings. The number of hydrogen-bond donors (Lipinski definition) is 3. The highest BCUT2D eigenvalue weighted by Crippen LogP contribution is 2.09. The van der Waals surface area contributed by atoms with E-state index in [0.717, 1.165) is 12.8 Å². The van der Waals surface area contributed by atoms with Crippen LogP contribution in [-0.2, 0) is 9.59 Å². The molecule has 0 unspecified atom stereocenters. The van der Waals surface area contributed by atoms with Gasteiger partial charge in [-0.1, -0.05) is 70.4 Å². The lowest BCUT2D eigenvalue weighted by molar-refractivity contribution is -0.139. The van der Waals surface area contributed by atoms with Crippen molar-refractivity contribution in [3.05, 3.63) is 12.2 Å². The number of carboxylic acid groups (broad SMARTS) is 2. The molecule has 0 bridgehead atoms. The predicted molar refractivity (Wildman–Crippen MR) is 109 cm³/mol. The zero-order chi connectivity index (χ0) is 20.8. The summed E-state index contributed by atoms with van der Waals surface area (Å²) in [6.45, 7) is 1.25. The average molecular weight is 390 g/mol. The van der Waals surface area contributed by atoms with E-state index in [2.05, 4.69) is 24.8 Å². The molecular formula is C21H40FNO4. The van der Waals surface area contributed by atoms with E-state index in [4.69, 9.17) is 10.2 Å². The summed E-state index contributed by atoms with van der Waals surface area (Å²) in [6.07, 6.45) is 21.2. The maximum Gasteiger partial charge on any atom is 0.323 e. The van der Waals surface area contributed by atoms with Crippen LogP contribution >= 0.6 is 0 Å². The van der Waals surface area contributed by atoms with Gasteiger partial charge in [0.1, 0.15) is 12.7 Å². The number of carboxylic acids is 2. The number of halogens is 1. The van der Waals surface area contributed by atoms with Crippen molar-refractivity contribution in [2.24, 2.45) is 5.73 Å². The van der Waals surface area contributed by atoms with Crippen molar-refractivity contribution in [1.29, 1.82) is 0 Å². The quantitative estimate of drug-likeness (QED) is 0.226. The van der Waals surface area contributed by atoms with E-state index >= 15 is 0 Å². The molecule has 27 heavy (non-hydrogen) atoms. The number of nitrogens with two attached hydrogens (primary N) is 1. The number of unbranched alkanes of at least 4 members (excludes halogenated alkanes) is 11. The Morgan fingerprint density at radius 3 is 1.67 bits per heavy atom. The van der Waals surface area contributed by atoms with Gasteiger partial charge in [-0.15, -0.1) is 0 Å². The van der Waals surface area contributed by atoms with Crippen molar-refractivity contribution >= 4 is 11.9 Å². The molecule has 0 aromatic carbocycles. The molecule has 0 aliphatic heterocycles. The second-order valence-electron chi connectivity index (χ2n) is 6.83. The van der Waals surface area contributed by atoms with Crippen molar-refractivity contribution < 1.29 is 24.2 Å². The van der Waals surface area contributed by atoms with Crippen LogP contribution in [-0.4, -0.2) is 34.9 Å². The van der Waals surface area contributed by atoms with Crippen LogP contribution in [0.15, 0.2) is 12.2 Å². The Hall–Kier alpha value is -1.43. The molecule has 4 N–H and O–H groups in total. The second-order valence-corrected chi connectivity index (χ2v) is 6.83. The van der Waals surface area contributed by atoms with E-state index in [9.17, 15) is 14.0 Å². The molecule has 0 saturated heterocycles. The summed E-state index contributed by atoms with van der Waals surface area (Å²) >= 11 is 0. The van der Waals surface area contributed by atoms with Gasteiger partial charge in [-0.2, -0.15) is 0 Å². The number of rotatable bonds is 17. The Labute approximate surface area is 164 Å². The third kappa shape index (κ3) is 26.9. The Kier molecular flexibility index (Phi) is 23.3. The summed E-state index contributed by atoms with van der Waals surface area (Å²) in [5.74, 6) is -1.97. The average Bonchev–Trinajstić information content (AvgIpc) is 2.64. The standard InChI is InChI=1S/C18H34O2.C3H6FNO2/c1-2-3-4-5-6-7-8-9-10-11-12-13-14-15-16-17-18(19)20;4-1-2(5)3(6)7/h9-10H,2-8,11-17H2,1H3,(H,19,20);2H,1,5H2,(H,6,7)/b10-9-;/t;2-/m.1/s1. The fourth-order valence-corrected chi connectivity index (χ4v) is 2.41. The zero-order valence-corrected chi connectivity index (χ0v) is 17.0. The summed E-state index contributed by atoms with van der Waals surface area (Å²) in [4.78, 5) is 19.9. The first-order valence-electron chi connectivity index (χ1n) is 10.4. The molecule has 160 valence electrons. The van der Waals surface area contributed by atoms with Gasteiger partial charge in [-0.25, -0.2) is 4.39 Å². The molecule has 0 aliphatic rings. The first kappa shape index (κ1) is 27.8. The third-order valence-corrected chi connectivity index (χ3v) is 4.14. The van der Waals surface area contributed by atoms with E-state index in [1.54, 1.807) is 0 Å². The number of allylic oxidation sites excluding steroid dienone is 2. The van der Waals surface area contributed by atoms with E-state index in [1.807, 2.05) is 0 Å². The van der Waals surface area contributed by atoms with Crippen molar-refractivity contribution in [2.45, 2.75) is 103 Å². The normalized spacial score (nSPS) is 11.8. The molecule has 0 aliphatic carbocycles. The fourth-order valence-electron chi connectivity index (χ4n) is 2.41. The van der Waals surface area contributed by atoms with Crippen molar-refractivity contribution in [3.8, 4) is 0 Å². The second kappa shape index (κ2) is 22.6. The topological polar surface area (TPSA) is 101 Å². The Morgan fingerprint density at radius 1 is 0.852 bits per heavy atom. The van der Waals surface area contributed by atoms with Crippen LogP contribution in [0.5, 0.6) is 0 Å². The monoisotopic (exact) mass is 389 g/mol. The molecule has 0 aromatic rings. The lowest BCUT2D eigenvalue weighted by Gasteiger charge is -1.99. The summed E-state index contributed by atoms with van der Waals surface area (Å²) in [5.41, 5.74) is 4.64. The molecule has 0 heterocycles. The van der Waals surface area contributed by atoms with Crippen LogP contribution in [0.25, 0.3) is 0 Å². The highest BCUT2D eigenvalue weighted by atomic mass is 19.1. The van der Waals surface area contributed by atoms with Gasteiger partial charge in [0.05, 0.1) is 0 Å². The molecule has 0 spiro atoms. The third-order valence-electron chi connectivity index (χ3n) is 4.14. The SMILES string of the molecule is CCCCCCCC/C=C\CCCCCCCC(=O)O.N[C@H](CF)C(=O)O. The number of alkyl halides is 1. The summed E-state index contributed by atoms with van der Waals surface area (Å²) < 4.78 is 11.1. The van der Waals surface area contributed by atoms with Crippen LogP contribution in [0.1, 0.15) is 96.8 Å². The summed E-state index contributed by atoms with van der Waals surface area (Å²) in [5, 5.41) is 16.3. The number of aliphatic carboxylic acids is 2. The maximum atomic E-state index is 11.1. The van der Waals surface area contributed by atoms with Crippen LogP contribution in [0.2, 0.25) is 0 Å². The van der Waals surface area contributed by atoms with Gasteiger partial charge in [0.15, 0.2) is 0 Å². The van der Waals surface area contributed by atoms with Gasteiger partial charge in [0.2, 0.25) is 0 Å². The first-order valence-corrected chi connectivity index (χ1v) is 10.4. The minimum absolute atomic E-state index is 0.332. The van der Waals surface area contributed by atoms with Gasteiger partial charge in [-0.3, -0.25) is 9.59 Å². The molecule has 0 radical (unpaired) electrons. The molecule has 0 amide bonds. The molecule has 0 saturated carbocycles.